The molecule has 26 heavy (non-hydrogen) atoms. The van der Waals surface area contributed by atoms with Gasteiger partial charge in [-0.15, -0.1) is 0 Å². The molecule has 0 saturated carbocycles. The summed E-state index contributed by atoms with van der Waals surface area (Å²) >= 11 is 7.95. The number of carbonyl (C=O) groups excluding carboxylic acids is 1. The van der Waals surface area contributed by atoms with Gasteiger partial charge in [-0.25, -0.2) is 8.42 Å². The molecule has 2 saturated heterocycles. The van der Waals surface area contributed by atoms with E-state index in [0.717, 1.165) is 17.1 Å². The molecule has 1 aromatic carbocycles. The van der Waals surface area contributed by atoms with Crippen LogP contribution < -0.4 is 10.6 Å². The van der Waals surface area contributed by atoms with Gasteiger partial charge in [-0.05, 0) is 25.0 Å². The second kappa shape index (κ2) is 8.48. The molecule has 2 fully saturated rings. The van der Waals surface area contributed by atoms with Crippen LogP contribution in [0.15, 0.2) is 24.3 Å². The summed E-state index contributed by atoms with van der Waals surface area (Å²) in [5.74, 6) is 1.47. The monoisotopic (exact) mass is 417 g/mol. The third kappa shape index (κ3) is 4.36. The Balaban J connectivity index is 1.59. The number of nitrogens with zero attached hydrogens (tertiary/aromatic N) is 1. The first kappa shape index (κ1) is 19.9. The zero-order valence-corrected chi connectivity index (χ0v) is 17.0. The topological polar surface area (TPSA) is 78.5 Å². The molecule has 0 aromatic heterocycles. The normalized spacial score (nSPS) is 25.8. The highest BCUT2D eigenvalue weighted by Crippen LogP contribution is 2.24. The molecule has 6 nitrogen and oxygen atoms in total. The lowest BCUT2D eigenvalue weighted by Crippen LogP contribution is -2.44. The number of hydrogen-bond acceptors (Lipinski definition) is 5. The van der Waals surface area contributed by atoms with Crippen LogP contribution in [0.25, 0.3) is 0 Å². The number of amides is 1. The SMILES string of the molecule is CC(NC(=O)C1CC(S(=O)(=O)N2CCSCC2)CN1)c1ccccc1Cl. The van der Waals surface area contributed by atoms with Gasteiger partial charge in [0.2, 0.25) is 15.9 Å². The molecule has 0 aliphatic carbocycles. The third-order valence-corrected chi connectivity index (χ3v) is 8.46. The number of hydrogen-bond donors (Lipinski definition) is 2. The lowest BCUT2D eigenvalue weighted by molar-refractivity contribution is -0.123. The van der Waals surface area contributed by atoms with Crippen LogP contribution >= 0.6 is 23.4 Å². The Bertz CT molecular complexity index is 753. The summed E-state index contributed by atoms with van der Waals surface area (Å²) in [7, 11) is -3.36. The van der Waals surface area contributed by atoms with Crippen molar-refractivity contribution in [3.05, 3.63) is 34.9 Å². The summed E-state index contributed by atoms with van der Waals surface area (Å²) in [4.78, 5) is 12.6. The quantitative estimate of drug-likeness (QED) is 0.761. The van der Waals surface area contributed by atoms with Gasteiger partial charge in [0.05, 0.1) is 17.3 Å². The minimum absolute atomic E-state index is 0.190. The van der Waals surface area contributed by atoms with Crippen LogP contribution in [0.2, 0.25) is 5.02 Å². The van der Waals surface area contributed by atoms with Gasteiger partial charge in [-0.3, -0.25) is 4.79 Å². The van der Waals surface area contributed by atoms with Gasteiger partial charge in [0.25, 0.3) is 0 Å². The number of carbonyl (C=O) groups is 1. The van der Waals surface area contributed by atoms with Crippen molar-refractivity contribution in [1.29, 1.82) is 0 Å². The summed E-state index contributed by atoms with van der Waals surface area (Å²) in [5.41, 5.74) is 0.843. The van der Waals surface area contributed by atoms with E-state index >= 15 is 0 Å². The van der Waals surface area contributed by atoms with Crippen LogP contribution in [-0.4, -0.2) is 61.1 Å². The fourth-order valence-corrected chi connectivity index (χ4v) is 6.65. The molecule has 9 heteroatoms. The molecule has 3 rings (SSSR count). The Labute approximate surface area is 164 Å². The molecule has 3 unspecified atom stereocenters. The summed E-state index contributed by atoms with van der Waals surface area (Å²) < 4.78 is 27.1. The van der Waals surface area contributed by atoms with E-state index in [1.165, 1.54) is 0 Å². The van der Waals surface area contributed by atoms with Gasteiger partial charge in [0.15, 0.2) is 0 Å². The van der Waals surface area contributed by atoms with Gasteiger partial charge in [0, 0.05) is 36.2 Å². The molecule has 1 aromatic rings. The molecular weight excluding hydrogens is 394 g/mol. The highest BCUT2D eigenvalue weighted by molar-refractivity contribution is 7.99. The Hall–Kier alpha value is -0.800. The standard InChI is InChI=1S/C17H24ClN3O3S2/c1-12(14-4-2-3-5-15(14)18)20-17(22)16-10-13(11-19-16)26(23,24)21-6-8-25-9-7-21/h2-5,12-13,16,19H,6-11H2,1H3,(H,20,22). The number of thioether (sulfide) groups is 1. The van der Waals surface area contributed by atoms with Crippen LogP contribution in [0.4, 0.5) is 0 Å². The Morgan fingerprint density at radius 3 is 2.73 bits per heavy atom. The number of sulfonamides is 1. The average Bonchev–Trinajstić information content (AvgIpc) is 3.14. The zero-order chi connectivity index (χ0) is 18.7. The minimum atomic E-state index is -3.36. The van der Waals surface area contributed by atoms with Gasteiger partial charge in [0.1, 0.15) is 0 Å². The minimum Gasteiger partial charge on any atom is -0.348 e. The maximum absolute atomic E-state index is 12.8. The lowest BCUT2D eigenvalue weighted by Gasteiger charge is -2.28. The summed E-state index contributed by atoms with van der Waals surface area (Å²) in [6.07, 6.45) is 0.299. The third-order valence-electron chi connectivity index (χ3n) is 4.89. The number of benzene rings is 1. The Morgan fingerprint density at radius 2 is 2.04 bits per heavy atom. The molecular formula is C17H24ClN3O3S2. The average molecular weight is 418 g/mol. The molecule has 2 heterocycles. The highest BCUT2D eigenvalue weighted by Gasteiger charge is 2.40. The fourth-order valence-electron chi connectivity index (χ4n) is 3.36. The molecule has 2 aliphatic heterocycles. The van der Waals surface area contributed by atoms with Crippen LogP contribution in [0.1, 0.15) is 24.9 Å². The molecule has 2 N–H and O–H groups in total. The second-order valence-electron chi connectivity index (χ2n) is 6.63. The van der Waals surface area contributed by atoms with Crippen LogP contribution in [0, 0.1) is 0 Å². The van der Waals surface area contributed by atoms with Crippen molar-refractivity contribution in [3.8, 4) is 0 Å². The Morgan fingerprint density at radius 1 is 1.35 bits per heavy atom. The van der Waals surface area contributed by atoms with Crippen molar-refractivity contribution < 1.29 is 13.2 Å². The molecule has 0 radical (unpaired) electrons. The van der Waals surface area contributed by atoms with Gasteiger partial charge >= 0.3 is 0 Å². The van der Waals surface area contributed by atoms with Gasteiger partial charge < -0.3 is 10.6 Å². The Kier molecular flexibility index (Phi) is 6.50. The van der Waals surface area contributed by atoms with Crippen molar-refractivity contribution >= 4 is 39.3 Å². The van der Waals surface area contributed by atoms with Crippen molar-refractivity contribution in [2.24, 2.45) is 0 Å². The van der Waals surface area contributed by atoms with Gasteiger partial charge in [-0.2, -0.15) is 16.1 Å². The summed E-state index contributed by atoms with van der Waals surface area (Å²) in [6.45, 7) is 3.30. The molecule has 0 spiro atoms. The van der Waals surface area contributed by atoms with E-state index < -0.39 is 21.3 Å². The van der Waals surface area contributed by atoms with Crippen molar-refractivity contribution in [2.75, 3.05) is 31.1 Å². The predicted molar refractivity (Wildman–Crippen MR) is 106 cm³/mol. The molecule has 3 atom stereocenters. The van der Waals surface area contributed by atoms with E-state index in [1.54, 1.807) is 22.1 Å². The maximum atomic E-state index is 12.8. The van der Waals surface area contributed by atoms with Crippen LogP contribution in [0.5, 0.6) is 0 Å². The van der Waals surface area contributed by atoms with E-state index in [9.17, 15) is 13.2 Å². The second-order valence-corrected chi connectivity index (χ2v) is 10.5. The van der Waals surface area contributed by atoms with Crippen LogP contribution in [0.3, 0.4) is 0 Å². The first-order valence-electron chi connectivity index (χ1n) is 8.74. The zero-order valence-electron chi connectivity index (χ0n) is 14.7. The van der Waals surface area contributed by atoms with Crippen LogP contribution in [-0.2, 0) is 14.8 Å². The van der Waals surface area contributed by atoms with E-state index in [1.807, 2.05) is 25.1 Å². The first-order chi connectivity index (χ1) is 12.4. The maximum Gasteiger partial charge on any atom is 0.237 e. The molecule has 1 amide bonds. The smallest absolute Gasteiger partial charge is 0.237 e. The van der Waals surface area contributed by atoms with E-state index in [-0.39, 0.29) is 11.9 Å². The molecule has 144 valence electrons. The van der Waals surface area contributed by atoms with Crippen molar-refractivity contribution in [2.45, 2.75) is 30.7 Å². The first-order valence-corrected chi connectivity index (χ1v) is 11.8. The number of rotatable bonds is 5. The number of halogens is 1. The van der Waals surface area contributed by atoms with E-state index in [0.29, 0.717) is 31.1 Å². The van der Waals surface area contributed by atoms with Gasteiger partial charge in [-0.1, -0.05) is 29.8 Å². The highest BCUT2D eigenvalue weighted by atomic mass is 35.5. The summed E-state index contributed by atoms with van der Waals surface area (Å²) in [6, 6.07) is 6.63. The summed E-state index contributed by atoms with van der Waals surface area (Å²) in [5, 5.41) is 6.06. The molecule has 2 aliphatic rings. The van der Waals surface area contributed by atoms with E-state index in [2.05, 4.69) is 10.6 Å². The largest absolute Gasteiger partial charge is 0.348 e. The fraction of sp³-hybridized carbons (Fsp3) is 0.588. The molecule has 0 bridgehead atoms. The van der Waals surface area contributed by atoms with Crippen molar-refractivity contribution in [3.63, 3.8) is 0 Å². The predicted octanol–water partition coefficient (Wildman–Crippen LogP) is 1.63. The van der Waals surface area contributed by atoms with Crippen molar-refractivity contribution in [1.82, 2.24) is 14.9 Å². The lowest BCUT2D eigenvalue weighted by atomic mass is 10.1. The van der Waals surface area contributed by atoms with E-state index in [4.69, 9.17) is 11.6 Å². The number of nitrogens with one attached hydrogen (secondary N) is 2.